The summed E-state index contributed by atoms with van der Waals surface area (Å²) in [6.45, 7) is 2.99. The summed E-state index contributed by atoms with van der Waals surface area (Å²) in [6, 6.07) is 7.83. The Morgan fingerprint density at radius 2 is 2.13 bits per heavy atom. The third-order valence-electron chi connectivity index (χ3n) is 2.17. The minimum atomic E-state index is 0.134. The minimum absolute atomic E-state index is 0.134. The number of likely N-dealkylation sites (N-methyl/N-ethyl adjacent to an activating group) is 1. The van der Waals surface area contributed by atoms with Crippen LogP contribution < -0.4 is 10.1 Å². The lowest BCUT2D eigenvalue weighted by Gasteiger charge is -2.16. The minimum Gasteiger partial charge on any atom is -0.489 e. The van der Waals surface area contributed by atoms with Gasteiger partial charge in [-0.1, -0.05) is 18.2 Å². The van der Waals surface area contributed by atoms with E-state index in [1.165, 1.54) is 0 Å². The molecule has 0 amide bonds. The molecule has 0 aromatic heterocycles. The molecular weight excluding hydrogens is 190 g/mol. The van der Waals surface area contributed by atoms with Crippen LogP contribution in [0.4, 0.5) is 0 Å². The zero-order valence-corrected chi connectivity index (χ0v) is 9.36. The summed E-state index contributed by atoms with van der Waals surface area (Å²) >= 11 is 0. The van der Waals surface area contributed by atoms with Gasteiger partial charge in [-0.25, -0.2) is 0 Å². The van der Waals surface area contributed by atoms with Crippen LogP contribution in [-0.4, -0.2) is 31.4 Å². The maximum absolute atomic E-state index is 8.91. The molecule has 84 valence electrons. The third kappa shape index (κ3) is 3.90. The zero-order valence-electron chi connectivity index (χ0n) is 9.36. The van der Waals surface area contributed by atoms with Gasteiger partial charge in [-0.2, -0.15) is 0 Å². The highest BCUT2D eigenvalue weighted by molar-refractivity contribution is 5.33. The standard InChI is InChI=1S/C12H19NO2/c1-10(9-13-2)15-12-6-4-3-5-11(12)7-8-14/h3-6,10,13-14H,7-9H2,1-2H3. The molecular formula is C12H19NO2. The second kappa shape index (κ2) is 6.43. The predicted octanol–water partition coefficient (Wildman–Crippen LogP) is 1.21. The van der Waals surface area contributed by atoms with E-state index in [1.54, 1.807) is 0 Å². The summed E-state index contributed by atoms with van der Waals surface area (Å²) in [6.07, 6.45) is 0.775. The molecule has 1 aromatic carbocycles. The van der Waals surface area contributed by atoms with E-state index in [9.17, 15) is 0 Å². The van der Waals surface area contributed by atoms with Crippen LogP contribution in [0.25, 0.3) is 0 Å². The Morgan fingerprint density at radius 3 is 2.80 bits per heavy atom. The molecule has 0 fully saturated rings. The fourth-order valence-electron chi connectivity index (χ4n) is 1.49. The van der Waals surface area contributed by atoms with E-state index in [4.69, 9.17) is 9.84 Å². The number of para-hydroxylation sites is 1. The van der Waals surface area contributed by atoms with E-state index in [1.807, 2.05) is 38.2 Å². The van der Waals surface area contributed by atoms with Crippen LogP contribution in [0.15, 0.2) is 24.3 Å². The number of hydrogen-bond acceptors (Lipinski definition) is 3. The Labute approximate surface area is 91.1 Å². The molecule has 3 nitrogen and oxygen atoms in total. The van der Waals surface area contributed by atoms with E-state index in [0.29, 0.717) is 6.42 Å². The van der Waals surface area contributed by atoms with Crippen LogP contribution in [0.2, 0.25) is 0 Å². The fraction of sp³-hybridized carbons (Fsp3) is 0.500. The first-order valence-corrected chi connectivity index (χ1v) is 5.28. The number of rotatable bonds is 6. The molecule has 3 heteroatoms. The second-order valence-corrected chi connectivity index (χ2v) is 3.57. The molecule has 1 rings (SSSR count). The molecule has 2 N–H and O–H groups in total. The van der Waals surface area contributed by atoms with Gasteiger partial charge in [-0.15, -0.1) is 0 Å². The Hall–Kier alpha value is -1.06. The maximum atomic E-state index is 8.91. The molecule has 0 saturated heterocycles. The molecule has 1 unspecified atom stereocenters. The topological polar surface area (TPSA) is 41.5 Å². The van der Waals surface area contributed by atoms with Crippen molar-refractivity contribution in [1.29, 1.82) is 0 Å². The van der Waals surface area contributed by atoms with Gasteiger partial charge in [0.05, 0.1) is 0 Å². The van der Waals surface area contributed by atoms with Gasteiger partial charge in [0.15, 0.2) is 0 Å². The summed E-state index contributed by atoms with van der Waals surface area (Å²) in [5, 5.41) is 12.0. The molecule has 1 aromatic rings. The lowest BCUT2D eigenvalue weighted by Crippen LogP contribution is -2.26. The number of ether oxygens (including phenoxy) is 1. The van der Waals surface area contributed by atoms with Gasteiger partial charge in [0.2, 0.25) is 0 Å². The van der Waals surface area contributed by atoms with Crippen molar-refractivity contribution in [3.8, 4) is 5.75 Å². The normalized spacial score (nSPS) is 12.5. The number of nitrogens with one attached hydrogen (secondary N) is 1. The molecule has 0 radical (unpaired) electrons. The monoisotopic (exact) mass is 209 g/mol. The number of hydrogen-bond donors (Lipinski definition) is 2. The molecule has 1 atom stereocenters. The highest BCUT2D eigenvalue weighted by atomic mass is 16.5. The van der Waals surface area contributed by atoms with Crippen molar-refractivity contribution in [2.75, 3.05) is 20.2 Å². The summed E-state index contributed by atoms with van der Waals surface area (Å²) in [4.78, 5) is 0. The van der Waals surface area contributed by atoms with E-state index in [2.05, 4.69) is 5.32 Å². The number of aliphatic hydroxyl groups excluding tert-OH is 1. The fourth-order valence-corrected chi connectivity index (χ4v) is 1.49. The van der Waals surface area contributed by atoms with Crippen LogP contribution in [0.3, 0.4) is 0 Å². The smallest absolute Gasteiger partial charge is 0.123 e. The first-order valence-electron chi connectivity index (χ1n) is 5.28. The number of benzene rings is 1. The number of aliphatic hydroxyl groups is 1. The third-order valence-corrected chi connectivity index (χ3v) is 2.17. The van der Waals surface area contributed by atoms with Crippen molar-refractivity contribution < 1.29 is 9.84 Å². The SMILES string of the molecule is CNCC(C)Oc1ccccc1CCO. The van der Waals surface area contributed by atoms with E-state index in [0.717, 1.165) is 17.9 Å². The van der Waals surface area contributed by atoms with Gasteiger partial charge >= 0.3 is 0 Å². The zero-order chi connectivity index (χ0) is 11.1. The summed E-state index contributed by atoms with van der Waals surface area (Å²) in [7, 11) is 1.90. The maximum Gasteiger partial charge on any atom is 0.123 e. The molecule has 0 spiro atoms. The van der Waals surface area contributed by atoms with E-state index in [-0.39, 0.29) is 12.7 Å². The van der Waals surface area contributed by atoms with Crippen LogP contribution in [-0.2, 0) is 6.42 Å². The second-order valence-electron chi connectivity index (χ2n) is 3.57. The van der Waals surface area contributed by atoms with Crippen LogP contribution in [0.1, 0.15) is 12.5 Å². The Bertz CT molecular complexity index is 289. The largest absolute Gasteiger partial charge is 0.489 e. The molecule has 0 aliphatic carbocycles. The molecule has 0 bridgehead atoms. The highest BCUT2D eigenvalue weighted by Crippen LogP contribution is 2.19. The van der Waals surface area contributed by atoms with Gasteiger partial charge in [-0.05, 0) is 32.0 Å². The van der Waals surface area contributed by atoms with Gasteiger partial charge in [0.1, 0.15) is 11.9 Å². The van der Waals surface area contributed by atoms with Crippen molar-refractivity contribution >= 4 is 0 Å². The Balaban J connectivity index is 2.66. The van der Waals surface area contributed by atoms with Crippen molar-refractivity contribution in [1.82, 2.24) is 5.32 Å². The van der Waals surface area contributed by atoms with E-state index < -0.39 is 0 Å². The van der Waals surface area contributed by atoms with Gasteiger partial charge in [0, 0.05) is 13.2 Å². The van der Waals surface area contributed by atoms with Crippen molar-refractivity contribution in [2.24, 2.45) is 0 Å². The lowest BCUT2D eigenvalue weighted by atomic mass is 10.1. The summed E-state index contributed by atoms with van der Waals surface area (Å²) in [5.74, 6) is 0.870. The van der Waals surface area contributed by atoms with Gasteiger partial charge in [0.25, 0.3) is 0 Å². The average Bonchev–Trinajstić information content (AvgIpc) is 2.21. The Morgan fingerprint density at radius 1 is 1.40 bits per heavy atom. The quantitative estimate of drug-likeness (QED) is 0.740. The van der Waals surface area contributed by atoms with Crippen molar-refractivity contribution in [3.63, 3.8) is 0 Å². The molecule has 0 heterocycles. The van der Waals surface area contributed by atoms with Gasteiger partial charge < -0.3 is 15.2 Å². The molecule has 15 heavy (non-hydrogen) atoms. The highest BCUT2D eigenvalue weighted by Gasteiger charge is 2.06. The molecule has 0 aliphatic heterocycles. The molecule has 0 aliphatic rings. The lowest BCUT2D eigenvalue weighted by molar-refractivity contribution is 0.216. The first-order chi connectivity index (χ1) is 7.27. The molecule has 0 saturated carbocycles. The van der Waals surface area contributed by atoms with Crippen molar-refractivity contribution in [3.05, 3.63) is 29.8 Å². The van der Waals surface area contributed by atoms with Crippen LogP contribution in [0, 0.1) is 0 Å². The first kappa shape index (κ1) is 12.0. The predicted molar refractivity (Wildman–Crippen MR) is 61.2 cm³/mol. The van der Waals surface area contributed by atoms with Crippen LogP contribution in [0.5, 0.6) is 5.75 Å². The summed E-state index contributed by atoms with van der Waals surface area (Å²) < 4.78 is 5.76. The summed E-state index contributed by atoms with van der Waals surface area (Å²) in [5.41, 5.74) is 1.06. The van der Waals surface area contributed by atoms with Crippen LogP contribution >= 0.6 is 0 Å². The average molecular weight is 209 g/mol. The Kier molecular flexibility index (Phi) is 5.15. The van der Waals surface area contributed by atoms with E-state index >= 15 is 0 Å². The van der Waals surface area contributed by atoms with Gasteiger partial charge in [-0.3, -0.25) is 0 Å². The van der Waals surface area contributed by atoms with Crippen molar-refractivity contribution in [2.45, 2.75) is 19.4 Å².